The molecule has 3 N–H and O–H groups in total. The van der Waals surface area contributed by atoms with Crippen molar-refractivity contribution in [2.24, 2.45) is 57.2 Å². The number of hydrogen-bond donors (Lipinski definition) is 3. The predicted molar refractivity (Wildman–Crippen MR) is 200 cm³/mol. The van der Waals surface area contributed by atoms with E-state index in [2.05, 4.69) is 65.6 Å². The number of nitrogens with one attached hydrogen (secondary N) is 2. The third kappa shape index (κ3) is 4.96. The number of rotatable bonds is 7. The second-order valence-corrected chi connectivity index (χ2v) is 22.7. The fourth-order valence-corrected chi connectivity index (χ4v) is 17.8. The first kappa shape index (κ1) is 35.6. The molecule has 0 amide bonds. The Labute approximate surface area is 303 Å². The van der Waals surface area contributed by atoms with Gasteiger partial charge in [0.1, 0.15) is 17.0 Å². The van der Waals surface area contributed by atoms with Crippen molar-refractivity contribution in [1.29, 1.82) is 0 Å². The van der Waals surface area contributed by atoms with Crippen LogP contribution in [0.15, 0.2) is 35.5 Å². The Kier molecular flexibility index (Phi) is 8.38. The monoisotopic (exact) mass is 707 g/mol. The molecular weight excluding hydrogens is 641 g/mol. The minimum Gasteiger partial charge on any atom is -0.481 e. The topological polar surface area (TPSA) is 87.9 Å². The molecule has 4 saturated carbocycles. The van der Waals surface area contributed by atoms with Crippen molar-refractivity contribution in [3.8, 4) is 0 Å². The number of aliphatic carboxylic acids is 1. The Morgan fingerprint density at radius 3 is 2.40 bits per heavy atom. The molecule has 2 saturated heterocycles. The Morgan fingerprint density at radius 1 is 0.980 bits per heavy atom. The lowest BCUT2D eigenvalue weighted by molar-refractivity contribution is -0.909. The molecule has 8 aliphatic rings. The van der Waals surface area contributed by atoms with E-state index in [1.807, 2.05) is 0 Å². The van der Waals surface area contributed by atoms with Crippen LogP contribution >= 0.6 is 0 Å². The molecule has 2 aliphatic heterocycles. The molecule has 0 radical (unpaired) electrons. The lowest BCUT2D eigenvalue weighted by Gasteiger charge is -2.72. The van der Waals surface area contributed by atoms with E-state index in [1.54, 1.807) is 0 Å². The zero-order valence-electron chi connectivity index (χ0n) is 32.1. The zero-order chi connectivity index (χ0) is 35.6. The smallest absolute Gasteiger partial charge is 0.306 e. The number of allylic oxidation sites excluding steroid dienone is 5. The van der Waals surface area contributed by atoms with Gasteiger partial charge in [-0.3, -0.25) is 4.79 Å². The third-order valence-electron chi connectivity index (χ3n) is 18.2. The SMILES string of the molecule is C=C(C)[C@@H]1CC[C@]2(NCC[NH+]3C[C@@H]4CC3CS4(=O)=O)CC[C@]3(C)[C@H](CC[C@@H]4[C@@]5(C)CC=C(C6=CC[C@H](C(=O)O)CC6)C(C)(C)[C@@H]5CC[C@]43C)[C@@H]12. The molecular formula is C43H67N2O4S+. The lowest BCUT2D eigenvalue weighted by Crippen LogP contribution is -3.16. The van der Waals surface area contributed by atoms with E-state index in [4.69, 9.17) is 0 Å². The van der Waals surface area contributed by atoms with E-state index in [-0.39, 0.29) is 27.5 Å². The number of sulfone groups is 1. The molecule has 2 bridgehead atoms. The van der Waals surface area contributed by atoms with Gasteiger partial charge in [0, 0.05) is 18.5 Å². The first-order chi connectivity index (χ1) is 23.5. The van der Waals surface area contributed by atoms with Crippen molar-refractivity contribution < 1.29 is 23.2 Å². The molecule has 0 aromatic heterocycles. The normalized spacial score (nSPS) is 49.9. The van der Waals surface area contributed by atoms with Gasteiger partial charge in [0.15, 0.2) is 9.84 Å². The van der Waals surface area contributed by atoms with Crippen molar-refractivity contribution in [2.75, 3.05) is 25.4 Å². The van der Waals surface area contributed by atoms with Gasteiger partial charge in [-0.2, -0.15) is 0 Å². The highest BCUT2D eigenvalue weighted by Crippen LogP contribution is 2.76. The highest BCUT2D eigenvalue weighted by molar-refractivity contribution is 7.92. The van der Waals surface area contributed by atoms with Crippen LogP contribution in [0, 0.1) is 57.2 Å². The van der Waals surface area contributed by atoms with Crippen molar-refractivity contribution in [3.05, 3.63) is 35.5 Å². The van der Waals surface area contributed by atoms with Gasteiger partial charge in [0.2, 0.25) is 0 Å². The summed E-state index contributed by atoms with van der Waals surface area (Å²) in [4.78, 5) is 13.2. The molecule has 278 valence electrons. The van der Waals surface area contributed by atoms with E-state index in [9.17, 15) is 18.3 Å². The largest absolute Gasteiger partial charge is 0.481 e. The molecule has 0 aromatic rings. The lowest BCUT2D eigenvalue weighted by atomic mass is 9.33. The summed E-state index contributed by atoms with van der Waals surface area (Å²) in [6.07, 6.45) is 19.6. The number of fused-ring (bicyclic) bond motifs is 9. The number of carbonyl (C=O) groups is 1. The Morgan fingerprint density at radius 2 is 1.76 bits per heavy atom. The maximum Gasteiger partial charge on any atom is 0.306 e. The molecule has 13 atom stereocenters. The van der Waals surface area contributed by atoms with E-state index in [0.29, 0.717) is 58.6 Å². The highest BCUT2D eigenvalue weighted by Gasteiger charge is 2.70. The van der Waals surface area contributed by atoms with Crippen LogP contribution in [-0.2, 0) is 14.6 Å². The van der Waals surface area contributed by atoms with Crippen LogP contribution in [0.25, 0.3) is 0 Å². The van der Waals surface area contributed by atoms with Crippen molar-refractivity contribution in [1.82, 2.24) is 5.32 Å². The maximum absolute atomic E-state index is 12.4. The summed E-state index contributed by atoms with van der Waals surface area (Å²) in [6, 6.07) is 0.313. The zero-order valence-corrected chi connectivity index (χ0v) is 32.9. The number of likely N-dealkylation sites (tertiary alicyclic amines) is 1. The van der Waals surface area contributed by atoms with Crippen LogP contribution in [0.3, 0.4) is 0 Å². The molecule has 6 aliphatic carbocycles. The average molecular weight is 708 g/mol. The molecule has 6 nitrogen and oxygen atoms in total. The average Bonchev–Trinajstić information content (AvgIpc) is 3.72. The number of hydrogen-bond acceptors (Lipinski definition) is 4. The van der Waals surface area contributed by atoms with Crippen molar-refractivity contribution >= 4 is 15.8 Å². The van der Waals surface area contributed by atoms with Crippen LogP contribution < -0.4 is 10.2 Å². The highest BCUT2D eigenvalue weighted by atomic mass is 32.2. The van der Waals surface area contributed by atoms with E-state index >= 15 is 0 Å². The summed E-state index contributed by atoms with van der Waals surface area (Å²) in [5.41, 5.74) is 5.51. The van der Waals surface area contributed by atoms with Crippen LogP contribution in [0.1, 0.15) is 125 Å². The standard InChI is InChI=1S/C43H66N2O4S/c1-27(2)32-14-19-43(44-22-23-45-25-31-24-30(45)26-50(31,48)49)21-20-41(6)34(37(32)43)12-13-36-40(5)17-15-33(28-8-10-29(11-9-28)38(46)47)39(3,4)35(40)16-18-42(36,41)7/h8,15,29-32,34-37,44H,1,9-14,16-26H2,2-7H3,(H,46,47)/p+1/t29-,30?,31-,32-,34+,35-,36+,37+,40-,41+,42+,43-/m0/s1. The molecule has 0 spiro atoms. The Bertz CT molecular complexity index is 1610. The summed E-state index contributed by atoms with van der Waals surface area (Å²) in [5.74, 6) is 2.81. The minimum atomic E-state index is -2.84. The minimum absolute atomic E-state index is 0.0938. The van der Waals surface area contributed by atoms with Crippen LogP contribution in [0.2, 0.25) is 0 Å². The van der Waals surface area contributed by atoms with Gasteiger partial charge in [-0.05, 0) is 146 Å². The Hall–Kier alpha value is -1.44. The number of carboxylic acids is 1. The van der Waals surface area contributed by atoms with Gasteiger partial charge in [0.05, 0.1) is 19.0 Å². The molecule has 2 heterocycles. The number of carboxylic acid groups (broad SMARTS) is 1. The molecule has 0 aromatic carbocycles. The molecule has 6 fully saturated rings. The van der Waals surface area contributed by atoms with Gasteiger partial charge in [-0.1, -0.05) is 58.9 Å². The molecule has 7 heteroatoms. The Balaban J connectivity index is 1.04. The van der Waals surface area contributed by atoms with Gasteiger partial charge in [-0.15, -0.1) is 0 Å². The molecule has 50 heavy (non-hydrogen) atoms. The fourth-order valence-electron chi connectivity index (χ4n) is 15.6. The van der Waals surface area contributed by atoms with Gasteiger partial charge >= 0.3 is 5.97 Å². The fraction of sp³-hybridized carbons (Fsp3) is 0.837. The first-order valence-electron chi connectivity index (χ1n) is 20.6. The third-order valence-corrected chi connectivity index (χ3v) is 20.5. The van der Waals surface area contributed by atoms with Crippen molar-refractivity contribution in [2.45, 2.75) is 142 Å². The second kappa shape index (κ2) is 11.8. The summed E-state index contributed by atoms with van der Waals surface area (Å²) in [5, 5.41) is 13.8. The molecule has 2 unspecified atom stereocenters. The predicted octanol–water partition coefficient (Wildman–Crippen LogP) is 6.79. The maximum atomic E-state index is 12.4. The van der Waals surface area contributed by atoms with E-state index in [1.165, 1.54) is 73.0 Å². The summed E-state index contributed by atoms with van der Waals surface area (Å²) >= 11 is 0. The van der Waals surface area contributed by atoms with Crippen LogP contribution in [0.5, 0.6) is 0 Å². The van der Waals surface area contributed by atoms with E-state index < -0.39 is 15.8 Å². The van der Waals surface area contributed by atoms with E-state index in [0.717, 1.165) is 45.3 Å². The first-order valence-corrected chi connectivity index (χ1v) is 22.3. The van der Waals surface area contributed by atoms with Gasteiger partial charge < -0.3 is 15.3 Å². The number of quaternary nitrogens is 1. The summed E-state index contributed by atoms with van der Waals surface area (Å²) in [6.45, 7) is 23.0. The van der Waals surface area contributed by atoms with Gasteiger partial charge in [-0.25, -0.2) is 8.42 Å². The summed E-state index contributed by atoms with van der Waals surface area (Å²) in [7, 11) is -2.84. The van der Waals surface area contributed by atoms with Crippen LogP contribution in [-0.4, -0.2) is 61.7 Å². The van der Waals surface area contributed by atoms with Crippen LogP contribution in [0.4, 0.5) is 0 Å². The summed E-state index contributed by atoms with van der Waals surface area (Å²) < 4.78 is 24.8. The van der Waals surface area contributed by atoms with Crippen molar-refractivity contribution in [3.63, 3.8) is 0 Å². The molecule has 8 rings (SSSR count). The second-order valence-electron chi connectivity index (χ2n) is 20.3. The quantitative estimate of drug-likeness (QED) is 0.254. The van der Waals surface area contributed by atoms with Gasteiger partial charge in [0.25, 0.3) is 0 Å².